The Balaban J connectivity index is 1.78. The van der Waals surface area contributed by atoms with Crippen LogP contribution in [0.5, 0.6) is 0 Å². The number of nitrogen functional groups attached to an aromatic ring is 1. The highest BCUT2D eigenvalue weighted by Gasteiger charge is 2.52. The van der Waals surface area contributed by atoms with Crippen molar-refractivity contribution in [2.45, 2.75) is 57.7 Å². The Bertz CT molecular complexity index is 701. The molecular weight excluding hydrogens is 386 g/mol. The molecule has 0 spiro atoms. The van der Waals surface area contributed by atoms with Crippen LogP contribution in [0.15, 0.2) is 22.7 Å². The van der Waals surface area contributed by atoms with E-state index < -0.39 is 17.7 Å². The summed E-state index contributed by atoms with van der Waals surface area (Å²) in [5, 5.41) is 2.88. The molecule has 3 N–H and O–H groups in total. The first-order valence-electron chi connectivity index (χ1n) is 8.53. The smallest absolute Gasteiger partial charge is 0.411 e. The first kappa shape index (κ1) is 18.0. The lowest BCUT2D eigenvalue weighted by atomic mass is 9.98. The van der Waals surface area contributed by atoms with Crippen molar-refractivity contribution in [3.63, 3.8) is 0 Å². The molecule has 1 aliphatic heterocycles. The maximum atomic E-state index is 12.9. The SMILES string of the molecule is CC(C)(C)OC(=O)N1[C@@H]2CCC(C2)[C@H]1C(=O)Nc1ccc(Br)cc1N. The van der Waals surface area contributed by atoms with Gasteiger partial charge >= 0.3 is 6.09 Å². The summed E-state index contributed by atoms with van der Waals surface area (Å²) in [5.41, 5.74) is 6.42. The number of piperidine rings is 1. The van der Waals surface area contributed by atoms with Gasteiger partial charge in [0.1, 0.15) is 11.6 Å². The number of anilines is 2. The summed E-state index contributed by atoms with van der Waals surface area (Å²) in [6, 6.07) is 4.89. The van der Waals surface area contributed by atoms with Crippen molar-refractivity contribution >= 4 is 39.3 Å². The van der Waals surface area contributed by atoms with Gasteiger partial charge in [-0.25, -0.2) is 4.79 Å². The number of carbonyl (C=O) groups excluding carboxylic acids is 2. The minimum absolute atomic E-state index is 0.0814. The molecule has 0 radical (unpaired) electrons. The van der Waals surface area contributed by atoms with E-state index in [0.717, 1.165) is 23.7 Å². The molecule has 25 heavy (non-hydrogen) atoms. The Morgan fingerprint density at radius 2 is 2.04 bits per heavy atom. The Labute approximate surface area is 156 Å². The second-order valence-electron chi connectivity index (χ2n) is 7.78. The van der Waals surface area contributed by atoms with Gasteiger partial charge in [0.25, 0.3) is 0 Å². The molecule has 2 amide bonds. The second-order valence-corrected chi connectivity index (χ2v) is 8.70. The summed E-state index contributed by atoms with van der Waals surface area (Å²) >= 11 is 3.35. The number of benzene rings is 1. The number of hydrogen-bond donors (Lipinski definition) is 2. The normalized spacial score (nSPS) is 25.1. The topological polar surface area (TPSA) is 84.7 Å². The fraction of sp³-hybridized carbons (Fsp3) is 0.556. The second kappa shape index (κ2) is 6.52. The molecule has 1 aromatic carbocycles. The van der Waals surface area contributed by atoms with Crippen LogP contribution < -0.4 is 11.1 Å². The van der Waals surface area contributed by atoms with Gasteiger partial charge in [0.2, 0.25) is 5.91 Å². The fourth-order valence-electron chi connectivity index (χ4n) is 3.76. The van der Waals surface area contributed by atoms with Crippen LogP contribution in [0, 0.1) is 5.92 Å². The first-order valence-corrected chi connectivity index (χ1v) is 9.32. The molecule has 136 valence electrons. The van der Waals surface area contributed by atoms with E-state index in [1.54, 1.807) is 17.0 Å². The van der Waals surface area contributed by atoms with Crippen molar-refractivity contribution in [2.75, 3.05) is 11.1 Å². The lowest BCUT2D eigenvalue weighted by molar-refractivity contribution is -0.122. The number of nitrogens with one attached hydrogen (secondary N) is 1. The molecule has 1 unspecified atom stereocenters. The van der Waals surface area contributed by atoms with Gasteiger partial charge in [-0.1, -0.05) is 15.9 Å². The lowest BCUT2D eigenvalue weighted by Gasteiger charge is -2.35. The number of rotatable bonds is 2. The van der Waals surface area contributed by atoms with Crippen LogP contribution in [0.2, 0.25) is 0 Å². The van der Waals surface area contributed by atoms with Gasteiger partial charge in [-0.2, -0.15) is 0 Å². The number of nitrogens with zero attached hydrogens (tertiary/aromatic N) is 1. The number of nitrogens with two attached hydrogens (primary N) is 1. The predicted octanol–water partition coefficient (Wildman–Crippen LogP) is 3.76. The Morgan fingerprint density at radius 3 is 2.68 bits per heavy atom. The van der Waals surface area contributed by atoms with Gasteiger partial charge in [-0.3, -0.25) is 9.69 Å². The van der Waals surface area contributed by atoms with Gasteiger partial charge in [-0.05, 0) is 64.2 Å². The minimum atomic E-state index is -0.587. The molecule has 1 aromatic rings. The third-order valence-electron chi connectivity index (χ3n) is 4.73. The van der Waals surface area contributed by atoms with Crippen LogP contribution in [0.25, 0.3) is 0 Å². The number of amides is 2. The largest absolute Gasteiger partial charge is 0.444 e. The Kier molecular flexibility index (Phi) is 4.70. The lowest BCUT2D eigenvalue weighted by Crippen LogP contribution is -2.52. The molecule has 7 heteroatoms. The van der Waals surface area contributed by atoms with Gasteiger partial charge < -0.3 is 15.8 Å². The minimum Gasteiger partial charge on any atom is -0.444 e. The van der Waals surface area contributed by atoms with Gasteiger partial charge in [-0.15, -0.1) is 0 Å². The molecule has 2 fully saturated rings. The number of hydrogen-bond acceptors (Lipinski definition) is 4. The van der Waals surface area contributed by atoms with Gasteiger partial charge in [0, 0.05) is 10.5 Å². The summed E-state index contributed by atoms with van der Waals surface area (Å²) < 4.78 is 6.37. The highest BCUT2D eigenvalue weighted by atomic mass is 79.9. The van der Waals surface area contributed by atoms with Crippen LogP contribution in [-0.4, -0.2) is 34.6 Å². The van der Waals surface area contributed by atoms with E-state index in [0.29, 0.717) is 11.4 Å². The molecule has 2 bridgehead atoms. The maximum Gasteiger partial charge on any atom is 0.411 e. The number of likely N-dealkylation sites (tertiary alicyclic amines) is 1. The molecule has 1 saturated heterocycles. The van der Waals surface area contributed by atoms with Crippen molar-refractivity contribution in [1.82, 2.24) is 4.90 Å². The van der Waals surface area contributed by atoms with Crippen LogP contribution in [0.1, 0.15) is 40.0 Å². The molecule has 1 aliphatic carbocycles. The van der Waals surface area contributed by atoms with Crippen LogP contribution in [0.3, 0.4) is 0 Å². The highest BCUT2D eigenvalue weighted by molar-refractivity contribution is 9.10. The van der Waals surface area contributed by atoms with Gasteiger partial charge in [0.05, 0.1) is 11.4 Å². The van der Waals surface area contributed by atoms with Crippen molar-refractivity contribution in [3.05, 3.63) is 22.7 Å². The summed E-state index contributed by atoms with van der Waals surface area (Å²) in [5.74, 6) is -0.0266. The summed E-state index contributed by atoms with van der Waals surface area (Å²) in [7, 11) is 0. The van der Waals surface area contributed by atoms with E-state index in [1.165, 1.54) is 0 Å². The summed E-state index contributed by atoms with van der Waals surface area (Å²) in [6.07, 6.45) is 2.32. The average molecular weight is 410 g/mol. The standard InChI is InChI=1S/C18H24BrN3O3/c1-18(2,3)25-17(24)22-12-6-4-10(8-12)15(22)16(23)21-14-7-5-11(19)9-13(14)20/h5,7,9-10,12,15H,4,6,8,20H2,1-3H3,(H,21,23)/t10?,12-,15+/m1/s1. The number of ether oxygens (including phenoxy) is 1. The van der Waals surface area contributed by atoms with E-state index in [9.17, 15) is 9.59 Å². The quantitative estimate of drug-likeness (QED) is 0.728. The van der Waals surface area contributed by atoms with Crippen LogP contribution in [0.4, 0.5) is 16.2 Å². The monoisotopic (exact) mass is 409 g/mol. The third kappa shape index (κ3) is 3.76. The summed E-state index contributed by atoms with van der Waals surface area (Å²) in [6.45, 7) is 5.49. The van der Waals surface area contributed by atoms with E-state index in [1.807, 2.05) is 26.8 Å². The van der Waals surface area contributed by atoms with Crippen LogP contribution >= 0.6 is 15.9 Å². The molecule has 3 atom stereocenters. The maximum absolute atomic E-state index is 12.9. The highest BCUT2D eigenvalue weighted by Crippen LogP contribution is 2.43. The third-order valence-corrected chi connectivity index (χ3v) is 5.22. The molecule has 2 aliphatic rings. The molecule has 0 aromatic heterocycles. The van der Waals surface area contributed by atoms with E-state index in [2.05, 4.69) is 21.2 Å². The number of carbonyl (C=O) groups is 2. The van der Waals surface area contributed by atoms with Crippen molar-refractivity contribution in [3.8, 4) is 0 Å². The number of halogens is 1. The molecule has 1 heterocycles. The van der Waals surface area contributed by atoms with Crippen molar-refractivity contribution < 1.29 is 14.3 Å². The van der Waals surface area contributed by atoms with Crippen LogP contribution in [-0.2, 0) is 9.53 Å². The van der Waals surface area contributed by atoms with Gasteiger partial charge in [0.15, 0.2) is 0 Å². The van der Waals surface area contributed by atoms with Crippen molar-refractivity contribution in [1.29, 1.82) is 0 Å². The van der Waals surface area contributed by atoms with E-state index in [-0.39, 0.29) is 17.9 Å². The Morgan fingerprint density at radius 1 is 1.32 bits per heavy atom. The molecule has 1 saturated carbocycles. The summed E-state index contributed by atoms with van der Waals surface area (Å²) in [4.78, 5) is 27.1. The first-order chi connectivity index (χ1) is 11.7. The zero-order valence-corrected chi connectivity index (χ0v) is 16.3. The van der Waals surface area contributed by atoms with E-state index >= 15 is 0 Å². The molecule has 3 rings (SSSR count). The molecule has 6 nitrogen and oxygen atoms in total. The predicted molar refractivity (Wildman–Crippen MR) is 100 cm³/mol. The average Bonchev–Trinajstić information content (AvgIpc) is 3.09. The van der Waals surface area contributed by atoms with Crippen molar-refractivity contribution in [2.24, 2.45) is 5.92 Å². The fourth-order valence-corrected chi connectivity index (χ4v) is 4.14. The number of fused-ring (bicyclic) bond motifs is 2. The molecular formula is C18H24BrN3O3. The zero-order valence-electron chi connectivity index (χ0n) is 14.7. The zero-order chi connectivity index (χ0) is 18.4. The van der Waals surface area contributed by atoms with E-state index in [4.69, 9.17) is 10.5 Å². The Hall–Kier alpha value is -1.76.